The lowest BCUT2D eigenvalue weighted by atomic mass is 9.81. The lowest BCUT2D eigenvalue weighted by Gasteiger charge is -2.34. The molecular weight excluding hydrogens is 316 g/mol. The molecule has 1 saturated heterocycles. The van der Waals surface area contributed by atoms with Crippen LogP contribution in [0.1, 0.15) is 35.7 Å². The summed E-state index contributed by atoms with van der Waals surface area (Å²) in [4.78, 5) is 11.8. The summed E-state index contributed by atoms with van der Waals surface area (Å²) in [6, 6.07) is 4.63. The van der Waals surface area contributed by atoms with Crippen molar-refractivity contribution in [3.63, 3.8) is 0 Å². The highest BCUT2D eigenvalue weighted by atomic mass is 32.2. The van der Waals surface area contributed by atoms with Crippen molar-refractivity contribution in [3.8, 4) is 0 Å². The van der Waals surface area contributed by atoms with Crippen molar-refractivity contribution in [2.24, 2.45) is 5.41 Å². The summed E-state index contributed by atoms with van der Waals surface area (Å²) in [6.45, 7) is 5.89. The number of carbonyl (C=O) groups excluding carboxylic acids is 1. The van der Waals surface area contributed by atoms with Gasteiger partial charge in [0.2, 0.25) is 10.0 Å². The molecule has 0 aliphatic carbocycles. The van der Waals surface area contributed by atoms with Gasteiger partial charge in [-0.25, -0.2) is 17.9 Å². The van der Waals surface area contributed by atoms with Crippen LogP contribution in [0.2, 0.25) is 0 Å². The largest absolute Gasteiger partial charge is 0.465 e. The fourth-order valence-corrected chi connectivity index (χ4v) is 4.26. The second-order valence-corrected chi connectivity index (χ2v) is 8.04. The first-order valence-corrected chi connectivity index (χ1v) is 9.16. The molecular formula is C16H24N2O4S. The van der Waals surface area contributed by atoms with Crippen molar-refractivity contribution in [1.29, 1.82) is 0 Å². The number of sulfonamides is 1. The van der Waals surface area contributed by atoms with Crippen LogP contribution in [-0.2, 0) is 14.8 Å². The van der Waals surface area contributed by atoms with E-state index in [2.05, 4.69) is 17.0 Å². The number of rotatable bonds is 5. The molecule has 1 heterocycles. The van der Waals surface area contributed by atoms with E-state index in [9.17, 15) is 13.2 Å². The topological polar surface area (TPSA) is 84.5 Å². The van der Waals surface area contributed by atoms with Crippen LogP contribution >= 0.6 is 0 Å². The van der Waals surface area contributed by atoms with E-state index in [-0.39, 0.29) is 15.9 Å². The number of hydrogen-bond acceptors (Lipinski definition) is 5. The molecule has 1 aromatic carbocycles. The maximum Gasteiger partial charge on any atom is 0.338 e. The van der Waals surface area contributed by atoms with Gasteiger partial charge in [0, 0.05) is 6.54 Å². The number of hydrogen-bond donors (Lipinski definition) is 2. The van der Waals surface area contributed by atoms with Crippen LogP contribution in [0, 0.1) is 12.3 Å². The second kappa shape index (κ2) is 6.98. The van der Waals surface area contributed by atoms with Crippen LogP contribution in [0.4, 0.5) is 0 Å². The number of ether oxygens (including phenoxy) is 1. The zero-order chi connectivity index (χ0) is 17.1. The molecule has 1 aromatic rings. The number of esters is 1. The van der Waals surface area contributed by atoms with Crippen LogP contribution in [0.3, 0.4) is 0 Å². The van der Waals surface area contributed by atoms with Crippen molar-refractivity contribution in [3.05, 3.63) is 29.3 Å². The highest BCUT2D eigenvalue weighted by Gasteiger charge is 2.29. The van der Waals surface area contributed by atoms with Crippen LogP contribution < -0.4 is 10.0 Å². The lowest BCUT2D eigenvalue weighted by Crippen LogP contribution is -2.43. The molecule has 0 bridgehead atoms. The number of piperidine rings is 1. The van der Waals surface area contributed by atoms with Crippen molar-refractivity contribution < 1.29 is 17.9 Å². The Morgan fingerprint density at radius 1 is 1.35 bits per heavy atom. The van der Waals surface area contributed by atoms with Gasteiger partial charge in [-0.1, -0.05) is 13.0 Å². The Kier molecular flexibility index (Phi) is 5.44. The number of methoxy groups -OCH3 is 1. The standard InChI is InChI=1S/C16H24N2O4S/c1-12-13(15(19)22-3)5-4-6-14(12)23(20,21)18-11-16(2)7-9-17-10-8-16/h4-6,17-18H,7-11H2,1-3H3. The monoisotopic (exact) mass is 340 g/mol. The van der Waals surface area contributed by atoms with Gasteiger partial charge in [0.1, 0.15) is 0 Å². The average Bonchev–Trinajstić information content (AvgIpc) is 2.53. The maximum atomic E-state index is 12.6. The molecule has 1 aliphatic heterocycles. The van der Waals surface area contributed by atoms with Gasteiger partial charge in [-0.2, -0.15) is 0 Å². The summed E-state index contributed by atoms with van der Waals surface area (Å²) >= 11 is 0. The Bertz CT molecular complexity index is 679. The number of nitrogens with one attached hydrogen (secondary N) is 2. The molecule has 0 spiro atoms. The minimum atomic E-state index is -3.67. The molecule has 2 rings (SSSR count). The minimum absolute atomic E-state index is 0.0494. The summed E-state index contributed by atoms with van der Waals surface area (Å²) in [5.41, 5.74) is 0.623. The summed E-state index contributed by atoms with van der Waals surface area (Å²) in [5, 5.41) is 3.28. The minimum Gasteiger partial charge on any atom is -0.465 e. The van der Waals surface area contributed by atoms with Crippen LogP contribution in [0.15, 0.2) is 23.1 Å². The fraction of sp³-hybridized carbons (Fsp3) is 0.562. The Morgan fingerprint density at radius 3 is 2.61 bits per heavy atom. The normalized spacial score (nSPS) is 17.7. The highest BCUT2D eigenvalue weighted by Crippen LogP contribution is 2.28. The van der Waals surface area contributed by atoms with E-state index < -0.39 is 16.0 Å². The van der Waals surface area contributed by atoms with E-state index in [1.807, 2.05) is 0 Å². The van der Waals surface area contributed by atoms with Gasteiger partial charge in [0.05, 0.1) is 17.6 Å². The molecule has 128 valence electrons. The SMILES string of the molecule is COC(=O)c1cccc(S(=O)(=O)NCC2(C)CCNCC2)c1C. The van der Waals surface area contributed by atoms with E-state index >= 15 is 0 Å². The number of benzene rings is 1. The Balaban J connectivity index is 2.21. The Hall–Kier alpha value is -1.44. The van der Waals surface area contributed by atoms with Gasteiger partial charge < -0.3 is 10.1 Å². The Labute approximate surface area is 137 Å². The lowest BCUT2D eigenvalue weighted by molar-refractivity contribution is 0.0599. The molecule has 6 nitrogen and oxygen atoms in total. The van der Waals surface area contributed by atoms with Crippen molar-refractivity contribution in [2.45, 2.75) is 31.6 Å². The molecule has 2 N–H and O–H groups in total. The molecule has 1 fully saturated rings. The van der Waals surface area contributed by atoms with E-state index in [1.54, 1.807) is 19.1 Å². The molecule has 23 heavy (non-hydrogen) atoms. The van der Waals surface area contributed by atoms with Crippen molar-refractivity contribution in [1.82, 2.24) is 10.0 Å². The molecule has 7 heteroatoms. The van der Waals surface area contributed by atoms with E-state index in [0.29, 0.717) is 12.1 Å². The fourth-order valence-electron chi connectivity index (χ4n) is 2.79. The van der Waals surface area contributed by atoms with E-state index in [1.165, 1.54) is 13.2 Å². The second-order valence-electron chi connectivity index (χ2n) is 6.31. The molecule has 0 radical (unpaired) electrons. The summed E-state index contributed by atoms with van der Waals surface area (Å²) in [7, 11) is -2.39. The van der Waals surface area contributed by atoms with Gasteiger partial charge in [0.15, 0.2) is 0 Å². The third kappa shape index (κ3) is 4.10. The van der Waals surface area contributed by atoms with Crippen molar-refractivity contribution in [2.75, 3.05) is 26.7 Å². The quantitative estimate of drug-likeness (QED) is 0.793. The van der Waals surface area contributed by atoms with Crippen LogP contribution in [0.25, 0.3) is 0 Å². The molecule has 1 aliphatic rings. The molecule has 0 atom stereocenters. The summed E-state index contributed by atoms with van der Waals surface area (Å²) in [6.07, 6.45) is 1.85. The first-order chi connectivity index (χ1) is 10.8. The third-order valence-electron chi connectivity index (χ3n) is 4.48. The zero-order valence-electron chi connectivity index (χ0n) is 13.8. The molecule has 0 saturated carbocycles. The van der Waals surface area contributed by atoms with Crippen LogP contribution in [0.5, 0.6) is 0 Å². The van der Waals surface area contributed by atoms with Gasteiger partial charge in [-0.05, 0) is 56.0 Å². The van der Waals surface area contributed by atoms with Crippen molar-refractivity contribution >= 4 is 16.0 Å². The maximum absolute atomic E-state index is 12.6. The molecule has 0 aromatic heterocycles. The zero-order valence-corrected chi connectivity index (χ0v) is 14.6. The summed E-state index contributed by atoms with van der Waals surface area (Å²) < 4.78 is 32.6. The average molecular weight is 340 g/mol. The highest BCUT2D eigenvalue weighted by molar-refractivity contribution is 7.89. The first kappa shape index (κ1) is 17.9. The predicted molar refractivity (Wildman–Crippen MR) is 87.9 cm³/mol. The Morgan fingerprint density at radius 2 is 2.00 bits per heavy atom. The van der Waals surface area contributed by atoms with E-state index in [4.69, 9.17) is 4.74 Å². The van der Waals surface area contributed by atoms with Gasteiger partial charge in [-0.15, -0.1) is 0 Å². The van der Waals surface area contributed by atoms with Crippen LogP contribution in [-0.4, -0.2) is 41.1 Å². The molecule has 0 amide bonds. The summed E-state index contributed by atoms with van der Waals surface area (Å²) in [5.74, 6) is -0.537. The van der Waals surface area contributed by atoms with Gasteiger partial charge >= 0.3 is 5.97 Å². The van der Waals surface area contributed by atoms with Gasteiger partial charge in [-0.3, -0.25) is 0 Å². The van der Waals surface area contributed by atoms with E-state index in [0.717, 1.165) is 25.9 Å². The third-order valence-corrected chi connectivity index (χ3v) is 6.02. The van der Waals surface area contributed by atoms with Gasteiger partial charge in [0.25, 0.3) is 0 Å². The predicted octanol–water partition coefficient (Wildman–Crippen LogP) is 1.45. The smallest absolute Gasteiger partial charge is 0.338 e. The molecule has 0 unspecified atom stereocenters. The first-order valence-electron chi connectivity index (χ1n) is 7.67. The number of carbonyl (C=O) groups is 1.